The number of aliphatic carboxylic acids is 1. The number of carboxylic acids is 1. The zero-order valence-corrected chi connectivity index (χ0v) is 12.0. The van der Waals surface area contributed by atoms with Gasteiger partial charge in [0.2, 0.25) is 5.91 Å². The second-order valence-corrected chi connectivity index (χ2v) is 5.89. The first kappa shape index (κ1) is 14.8. The topological polar surface area (TPSA) is 70.5 Å². The van der Waals surface area contributed by atoms with Gasteiger partial charge in [-0.05, 0) is 18.6 Å². The summed E-state index contributed by atoms with van der Waals surface area (Å²) >= 11 is 1.67. The van der Waals surface area contributed by atoms with Crippen LogP contribution in [0.4, 0.5) is 0 Å². The van der Waals surface area contributed by atoms with Gasteiger partial charge in [0.05, 0.1) is 11.6 Å². The third-order valence-electron chi connectivity index (χ3n) is 3.33. The standard InChI is InChI=1S/C14H18N2O3S/c17-13(16-7-4-11(9-16)14(18)19)5-8-20-10-12-3-1-2-6-15-12/h1-3,6,11H,4-5,7-10H2,(H,18,19). The normalized spacial score (nSPS) is 18.2. The highest BCUT2D eigenvalue weighted by Gasteiger charge is 2.30. The Morgan fingerprint density at radius 3 is 2.95 bits per heavy atom. The second-order valence-electron chi connectivity index (χ2n) is 4.79. The molecule has 1 aliphatic heterocycles. The number of hydrogen-bond donors (Lipinski definition) is 1. The number of hydrogen-bond acceptors (Lipinski definition) is 4. The van der Waals surface area contributed by atoms with Crippen molar-refractivity contribution in [2.45, 2.75) is 18.6 Å². The minimum absolute atomic E-state index is 0.0577. The van der Waals surface area contributed by atoms with Crippen molar-refractivity contribution in [2.24, 2.45) is 5.92 Å². The van der Waals surface area contributed by atoms with Gasteiger partial charge in [-0.1, -0.05) is 6.07 Å². The fourth-order valence-electron chi connectivity index (χ4n) is 2.17. The smallest absolute Gasteiger partial charge is 0.308 e. The van der Waals surface area contributed by atoms with Crippen molar-refractivity contribution in [1.82, 2.24) is 9.88 Å². The molecule has 0 aliphatic carbocycles. The molecule has 0 aromatic carbocycles. The molecule has 1 fully saturated rings. The first-order chi connectivity index (χ1) is 9.66. The fourth-order valence-corrected chi connectivity index (χ4v) is 3.01. The van der Waals surface area contributed by atoms with Gasteiger partial charge < -0.3 is 10.0 Å². The van der Waals surface area contributed by atoms with Gasteiger partial charge in [0, 0.05) is 37.2 Å². The Labute approximate surface area is 122 Å². The van der Waals surface area contributed by atoms with E-state index in [0.717, 1.165) is 17.2 Å². The van der Waals surface area contributed by atoms with Gasteiger partial charge in [-0.25, -0.2) is 0 Å². The molecule has 0 saturated carbocycles. The van der Waals surface area contributed by atoms with E-state index in [2.05, 4.69) is 4.98 Å². The molecule has 20 heavy (non-hydrogen) atoms. The highest BCUT2D eigenvalue weighted by Crippen LogP contribution is 2.18. The molecule has 1 aliphatic rings. The van der Waals surface area contributed by atoms with Crippen LogP contribution in [0.5, 0.6) is 0 Å². The van der Waals surface area contributed by atoms with Crippen molar-refractivity contribution in [3.8, 4) is 0 Å². The second kappa shape index (κ2) is 7.28. The maximum atomic E-state index is 11.9. The number of amides is 1. The van der Waals surface area contributed by atoms with Crippen LogP contribution in [-0.4, -0.2) is 45.7 Å². The monoisotopic (exact) mass is 294 g/mol. The van der Waals surface area contributed by atoms with E-state index in [1.165, 1.54) is 0 Å². The molecule has 1 aromatic heterocycles. The Morgan fingerprint density at radius 2 is 2.30 bits per heavy atom. The van der Waals surface area contributed by atoms with Gasteiger partial charge in [-0.2, -0.15) is 11.8 Å². The first-order valence-corrected chi connectivity index (χ1v) is 7.80. The molecule has 0 spiro atoms. The minimum atomic E-state index is -0.801. The lowest BCUT2D eigenvalue weighted by atomic mass is 10.1. The highest BCUT2D eigenvalue weighted by atomic mass is 32.2. The number of nitrogens with zero attached hydrogens (tertiary/aromatic N) is 2. The predicted octanol–water partition coefficient (Wildman–Crippen LogP) is 1.64. The fraction of sp³-hybridized carbons (Fsp3) is 0.500. The van der Waals surface area contributed by atoms with Crippen LogP contribution in [0.15, 0.2) is 24.4 Å². The molecule has 1 unspecified atom stereocenters. The Bertz CT molecular complexity index is 467. The van der Waals surface area contributed by atoms with E-state index >= 15 is 0 Å². The lowest BCUT2D eigenvalue weighted by molar-refractivity contribution is -0.141. The average molecular weight is 294 g/mol. The number of carbonyl (C=O) groups is 2. The Kier molecular flexibility index (Phi) is 5.40. The third-order valence-corrected chi connectivity index (χ3v) is 4.32. The van der Waals surface area contributed by atoms with Crippen molar-refractivity contribution >= 4 is 23.6 Å². The summed E-state index contributed by atoms with van der Waals surface area (Å²) in [5.41, 5.74) is 1.01. The molecule has 2 heterocycles. The van der Waals surface area contributed by atoms with Gasteiger partial charge in [0.1, 0.15) is 0 Å². The quantitative estimate of drug-likeness (QED) is 0.808. The molecule has 108 valence electrons. The maximum Gasteiger partial charge on any atom is 0.308 e. The predicted molar refractivity (Wildman–Crippen MR) is 77.3 cm³/mol. The zero-order valence-electron chi connectivity index (χ0n) is 11.2. The number of carbonyl (C=O) groups excluding carboxylic acids is 1. The molecule has 2 rings (SSSR count). The number of rotatable bonds is 6. The van der Waals surface area contributed by atoms with Crippen molar-refractivity contribution in [3.63, 3.8) is 0 Å². The van der Waals surface area contributed by atoms with Crippen LogP contribution in [0, 0.1) is 5.92 Å². The number of aromatic nitrogens is 1. The molecule has 6 heteroatoms. The summed E-state index contributed by atoms with van der Waals surface area (Å²) in [4.78, 5) is 28.7. The van der Waals surface area contributed by atoms with Gasteiger partial charge in [0.15, 0.2) is 0 Å². The van der Waals surface area contributed by atoms with Crippen molar-refractivity contribution in [3.05, 3.63) is 30.1 Å². The Hall–Kier alpha value is -1.56. The van der Waals surface area contributed by atoms with Crippen LogP contribution >= 0.6 is 11.8 Å². The van der Waals surface area contributed by atoms with Crippen LogP contribution in [0.3, 0.4) is 0 Å². The SMILES string of the molecule is O=C(O)C1CCN(C(=O)CCSCc2ccccn2)C1. The molecule has 1 aromatic rings. The van der Waals surface area contributed by atoms with E-state index in [9.17, 15) is 9.59 Å². The van der Waals surface area contributed by atoms with Crippen LogP contribution in [0.1, 0.15) is 18.5 Å². The molecular weight excluding hydrogens is 276 g/mol. The van der Waals surface area contributed by atoms with E-state index in [1.807, 2.05) is 18.2 Å². The summed E-state index contributed by atoms with van der Waals surface area (Å²) in [6.45, 7) is 0.930. The molecule has 0 bridgehead atoms. The average Bonchev–Trinajstić information content (AvgIpc) is 2.94. The van der Waals surface area contributed by atoms with Gasteiger partial charge in [0.25, 0.3) is 0 Å². The van der Waals surface area contributed by atoms with Crippen molar-refractivity contribution < 1.29 is 14.7 Å². The molecule has 1 N–H and O–H groups in total. The van der Waals surface area contributed by atoms with Gasteiger partial charge in [-0.15, -0.1) is 0 Å². The summed E-state index contributed by atoms with van der Waals surface area (Å²) in [5.74, 6) is 0.405. The lowest BCUT2D eigenvalue weighted by Gasteiger charge is -2.15. The molecule has 1 amide bonds. The first-order valence-electron chi connectivity index (χ1n) is 6.65. The molecule has 1 saturated heterocycles. The minimum Gasteiger partial charge on any atom is -0.481 e. The van der Waals surface area contributed by atoms with E-state index in [1.54, 1.807) is 22.9 Å². The Morgan fingerprint density at radius 1 is 1.45 bits per heavy atom. The van der Waals surface area contributed by atoms with Crippen molar-refractivity contribution in [1.29, 1.82) is 0 Å². The van der Waals surface area contributed by atoms with Crippen LogP contribution in [0.25, 0.3) is 0 Å². The largest absolute Gasteiger partial charge is 0.481 e. The summed E-state index contributed by atoms with van der Waals surface area (Å²) < 4.78 is 0. The molecule has 1 atom stereocenters. The van der Waals surface area contributed by atoms with Crippen LogP contribution < -0.4 is 0 Å². The molecular formula is C14H18N2O3S. The van der Waals surface area contributed by atoms with E-state index in [0.29, 0.717) is 25.9 Å². The number of pyridine rings is 1. The van der Waals surface area contributed by atoms with E-state index in [-0.39, 0.29) is 11.8 Å². The highest BCUT2D eigenvalue weighted by molar-refractivity contribution is 7.98. The van der Waals surface area contributed by atoms with Crippen molar-refractivity contribution in [2.75, 3.05) is 18.8 Å². The van der Waals surface area contributed by atoms with E-state index < -0.39 is 5.97 Å². The number of carboxylic acid groups (broad SMARTS) is 1. The molecule has 0 radical (unpaired) electrons. The van der Waals surface area contributed by atoms with E-state index in [4.69, 9.17) is 5.11 Å². The van der Waals surface area contributed by atoms with Crippen LogP contribution in [0.2, 0.25) is 0 Å². The summed E-state index contributed by atoms with van der Waals surface area (Å²) in [7, 11) is 0. The van der Waals surface area contributed by atoms with Gasteiger partial charge >= 0.3 is 5.97 Å². The summed E-state index contributed by atoms with van der Waals surface area (Å²) in [5, 5.41) is 8.90. The summed E-state index contributed by atoms with van der Waals surface area (Å²) in [6.07, 6.45) is 2.79. The molecule has 5 nitrogen and oxygen atoms in total. The van der Waals surface area contributed by atoms with Gasteiger partial charge in [-0.3, -0.25) is 14.6 Å². The number of likely N-dealkylation sites (tertiary alicyclic amines) is 1. The third kappa shape index (κ3) is 4.23. The lowest BCUT2D eigenvalue weighted by Crippen LogP contribution is -2.30. The Balaban J connectivity index is 1.65. The van der Waals surface area contributed by atoms with Crippen LogP contribution in [-0.2, 0) is 15.3 Å². The summed E-state index contributed by atoms with van der Waals surface area (Å²) in [6, 6.07) is 5.79. The maximum absolute atomic E-state index is 11.9. The number of thioether (sulfide) groups is 1. The zero-order chi connectivity index (χ0) is 14.4.